The Morgan fingerprint density at radius 1 is 0.818 bits per heavy atom. The molecule has 33 heavy (non-hydrogen) atoms. The van der Waals surface area contributed by atoms with E-state index in [1.54, 1.807) is 5.57 Å². The molecule has 3 nitrogen and oxygen atoms in total. The Bertz CT molecular complexity index is 847. The summed E-state index contributed by atoms with van der Waals surface area (Å²) >= 11 is 0. The highest BCUT2D eigenvalue weighted by Crippen LogP contribution is 2.75. The fraction of sp³-hybridized carbons (Fsp3) is 0.933. The molecule has 0 aliphatic heterocycles. The molecule has 5 rings (SSSR count). The highest BCUT2D eigenvalue weighted by atomic mass is 16.3. The van der Waals surface area contributed by atoms with Gasteiger partial charge in [0, 0.05) is 5.41 Å². The molecular weight excluding hydrogens is 408 g/mol. The monoisotopic (exact) mass is 458 g/mol. The van der Waals surface area contributed by atoms with Crippen LogP contribution in [0.3, 0.4) is 0 Å². The molecule has 5 aliphatic rings. The molecule has 4 unspecified atom stereocenters. The average molecular weight is 459 g/mol. The quantitative estimate of drug-likeness (QED) is 0.392. The lowest BCUT2D eigenvalue weighted by molar-refractivity contribution is -0.227. The van der Waals surface area contributed by atoms with Gasteiger partial charge in [-0.15, -0.1) is 0 Å². The van der Waals surface area contributed by atoms with E-state index in [9.17, 15) is 15.3 Å². The predicted octanol–water partition coefficient (Wildman–Crippen LogP) is 5.97. The maximum absolute atomic E-state index is 11.7. The van der Waals surface area contributed by atoms with Crippen LogP contribution in [0.1, 0.15) is 100 Å². The summed E-state index contributed by atoms with van der Waals surface area (Å²) < 4.78 is 0. The SMILES string of the molecule is C[C@H]1[C@H](C)CC(O)[C@]2(C)C(O)C[C@]3(C)C(=CC[C@@H]4[C@@]5(C)CCC(O)C(C)(C)C5CC[C@]43C)[C@H]12. The molecule has 0 amide bonds. The first-order chi connectivity index (χ1) is 15.2. The molecule has 0 spiro atoms. The fourth-order valence-electron chi connectivity index (χ4n) is 10.9. The third kappa shape index (κ3) is 2.74. The molecule has 0 heterocycles. The van der Waals surface area contributed by atoms with Crippen molar-refractivity contribution in [2.75, 3.05) is 0 Å². The lowest BCUT2D eigenvalue weighted by Gasteiger charge is -2.72. The number of hydrogen-bond donors (Lipinski definition) is 3. The van der Waals surface area contributed by atoms with E-state index < -0.39 is 17.6 Å². The minimum absolute atomic E-state index is 0.0404. The summed E-state index contributed by atoms with van der Waals surface area (Å²) in [7, 11) is 0. The maximum Gasteiger partial charge on any atom is 0.0632 e. The zero-order valence-electron chi connectivity index (χ0n) is 22.5. The Kier molecular flexibility index (Phi) is 5.23. The predicted molar refractivity (Wildman–Crippen MR) is 133 cm³/mol. The van der Waals surface area contributed by atoms with Gasteiger partial charge in [0.15, 0.2) is 0 Å². The van der Waals surface area contributed by atoms with Crippen LogP contribution in [0.4, 0.5) is 0 Å². The van der Waals surface area contributed by atoms with E-state index in [1.165, 1.54) is 12.8 Å². The smallest absolute Gasteiger partial charge is 0.0632 e. The Morgan fingerprint density at radius 2 is 1.48 bits per heavy atom. The molecule has 188 valence electrons. The van der Waals surface area contributed by atoms with Gasteiger partial charge >= 0.3 is 0 Å². The lowest BCUT2D eigenvalue weighted by atomic mass is 9.33. The fourth-order valence-corrected chi connectivity index (χ4v) is 10.9. The van der Waals surface area contributed by atoms with E-state index in [-0.39, 0.29) is 33.7 Å². The van der Waals surface area contributed by atoms with Crippen molar-refractivity contribution in [2.24, 2.45) is 56.7 Å². The second-order valence-electron chi connectivity index (χ2n) is 14.8. The Labute approximate surface area is 202 Å². The second-order valence-corrected chi connectivity index (χ2v) is 14.8. The van der Waals surface area contributed by atoms with Gasteiger partial charge in [-0.05, 0) is 96.2 Å². The van der Waals surface area contributed by atoms with Crippen LogP contribution in [0.2, 0.25) is 0 Å². The molecule has 3 N–H and O–H groups in total. The van der Waals surface area contributed by atoms with Crippen molar-refractivity contribution >= 4 is 0 Å². The molecule has 4 fully saturated rings. The van der Waals surface area contributed by atoms with E-state index in [0.717, 1.165) is 32.1 Å². The zero-order chi connectivity index (χ0) is 24.4. The van der Waals surface area contributed by atoms with Crippen molar-refractivity contribution in [1.29, 1.82) is 0 Å². The Balaban J connectivity index is 1.63. The molecule has 4 saturated carbocycles. The van der Waals surface area contributed by atoms with E-state index in [2.05, 4.69) is 61.5 Å². The topological polar surface area (TPSA) is 60.7 Å². The molecule has 0 aromatic rings. The largest absolute Gasteiger partial charge is 0.393 e. The third-order valence-corrected chi connectivity index (χ3v) is 13.6. The van der Waals surface area contributed by atoms with Crippen LogP contribution < -0.4 is 0 Å². The van der Waals surface area contributed by atoms with E-state index >= 15 is 0 Å². The highest BCUT2D eigenvalue weighted by molar-refractivity contribution is 5.35. The first-order valence-electron chi connectivity index (χ1n) is 13.9. The normalized spacial score (nSPS) is 60.0. The van der Waals surface area contributed by atoms with Crippen molar-refractivity contribution < 1.29 is 15.3 Å². The van der Waals surface area contributed by atoms with Gasteiger partial charge < -0.3 is 15.3 Å². The van der Waals surface area contributed by atoms with Crippen molar-refractivity contribution in [1.82, 2.24) is 0 Å². The van der Waals surface area contributed by atoms with Crippen LogP contribution in [0.15, 0.2) is 11.6 Å². The van der Waals surface area contributed by atoms with Gasteiger partial charge in [0.25, 0.3) is 0 Å². The van der Waals surface area contributed by atoms with Gasteiger partial charge in [0.05, 0.1) is 18.3 Å². The Morgan fingerprint density at radius 3 is 2.15 bits per heavy atom. The van der Waals surface area contributed by atoms with Gasteiger partial charge in [0.2, 0.25) is 0 Å². The molecule has 5 aliphatic carbocycles. The summed E-state index contributed by atoms with van der Waals surface area (Å²) in [5.74, 6) is 2.29. The standard InChI is InChI=1S/C30H50O3/c1-17-15-23(32)30(8)24(33)16-29(7)19(25(30)18(17)2)9-10-21-27(5)13-12-22(31)26(3,4)20(27)11-14-28(21,29)6/h9,17-18,20-25,31-33H,10-16H2,1-8H3/t17-,18+,20?,21-,22?,23?,24?,25+,27+,28-,29-,30-/m1/s1. The van der Waals surface area contributed by atoms with Gasteiger partial charge in [-0.3, -0.25) is 0 Å². The van der Waals surface area contributed by atoms with Crippen LogP contribution in [0, 0.1) is 56.7 Å². The van der Waals surface area contributed by atoms with Crippen LogP contribution in [0.5, 0.6) is 0 Å². The van der Waals surface area contributed by atoms with Gasteiger partial charge in [-0.25, -0.2) is 0 Å². The molecule has 0 bridgehead atoms. The summed E-state index contributed by atoms with van der Waals surface area (Å²) in [6, 6.07) is 0. The van der Waals surface area contributed by atoms with Gasteiger partial charge in [0.1, 0.15) is 0 Å². The minimum Gasteiger partial charge on any atom is -0.393 e. The lowest BCUT2D eigenvalue weighted by Crippen LogP contribution is -2.68. The Hall–Kier alpha value is -0.380. The summed E-state index contributed by atoms with van der Waals surface area (Å²) in [6.07, 6.45) is 8.52. The van der Waals surface area contributed by atoms with Crippen molar-refractivity contribution in [3.63, 3.8) is 0 Å². The van der Waals surface area contributed by atoms with Crippen LogP contribution in [-0.2, 0) is 0 Å². The number of aliphatic hydroxyl groups excluding tert-OH is 3. The number of allylic oxidation sites excluding steroid dienone is 2. The van der Waals surface area contributed by atoms with Gasteiger partial charge in [-0.1, -0.05) is 67.0 Å². The van der Waals surface area contributed by atoms with Crippen molar-refractivity contribution in [3.05, 3.63) is 11.6 Å². The third-order valence-electron chi connectivity index (χ3n) is 13.6. The van der Waals surface area contributed by atoms with Gasteiger partial charge in [-0.2, -0.15) is 0 Å². The average Bonchev–Trinajstić information content (AvgIpc) is 2.71. The molecule has 0 aromatic heterocycles. The first-order valence-corrected chi connectivity index (χ1v) is 13.9. The molecule has 0 aromatic carbocycles. The maximum atomic E-state index is 11.7. The summed E-state index contributed by atoms with van der Waals surface area (Å²) in [5, 5.41) is 33.9. The van der Waals surface area contributed by atoms with E-state index in [1.807, 2.05) is 0 Å². The van der Waals surface area contributed by atoms with Crippen LogP contribution in [0.25, 0.3) is 0 Å². The molecule has 12 atom stereocenters. The minimum atomic E-state index is -0.472. The van der Waals surface area contributed by atoms with E-state index in [4.69, 9.17) is 0 Å². The second kappa shape index (κ2) is 7.10. The zero-order valence-corrected chi connectivity index (χ0v) is 22.5. The summed E-state index contributed by atoms with van der Waals surface area (Å²) in [4.78, 5) is 0. The number of aliphatic hydroxyl groups is 3. The molecule has 3 heteroatoms. The van der Waals surface area contributed by atoms with Crippen LogP contribution in [-0.4, -0.2) is 33.6 Å². The number of rotatable bonds is 0. The molecule has 0 saturated heterocycles. The van der Waals surface area contributed by atoms with E-state index in [0.29, 0.717) is 23.7 Å². The molecular formula is C30H50O3. The number of hydrogen-bond acceptors (Lipinski definition) is 3. The molecule has 0 radical (unpaired) electrons. The number of fused-ring (bicyclic) bond motifs is 7. The summed E-state index contributed by atoms with van der Waals surface area (Å²) in [6.45, 7) is 19.0. The first kappa shape index (κ1) is 24.3. The summed E-state index contributed by atoms with van der Waals surface area (Å²) in [5.41, 5.74) is 1.38. The highest BCUT2D eigenvalue weighted by Gasteiger charge is 2.70. The van der Waals surface area contributed by atoms with Crippen molar-refractivity contribution in [2.45, 2.75) is 119 Å². The van der Waals surface area contributed by atoms with Crippen molar-refractivity contribution in [3.8, 4) is 0 Å². The van der Waals surface area contributed by atoms with Crippen LogP contribution >= 0.6 is 0 Å².